The largest absolute Gasteiger partial charge is 0.497 e. The topological polar surface area (TPSA) is 56.8 Å². The lowest BCUT2D eigenvalue weighted by Gasteiger charge is -2.12. The van der Waals surface area contributed by atoms with Crippen molar-refractivity contribution < 1.29 is 32.2 Å². The molecule has 0 aliphatic rings. The summed E-state index contributed by atoms with van der Waals surface area (Å²) in [7, 11) is 2.74. The van der Waals surface area contributed by atoms with Gasteiger partial charge in [-0.3, -0.25) is 4.79 Å². The molecule has 5 nitrogen and oxygen atoms in total. The van der Waals surface area contributed by atoms with Gasteiger partial charge in [0.05, 0.1) is 19.8 Å². The van der Waals surface area contributed by atoms with Crippen molar-refractivity contribution in [2.24, 2.45) is 0 Å². The van der Waals surface area contributed by atoms with Crippen LogP contribution in [0.4, 0.5) is 13.2 Å². The number of methoxy groups -OCH3 is 2. The van der Waals surface area contributed by atoms with E-state index in [2.05, 4.69) is 10.1 Å². The van der Waals surface area contributed by atoms with Crippen molar-refractivity contribution in [3.8, 4) is 17.2 Å². The number of hydrogen-bond acceptors (Lipinski definition) is 4. The van der Waals surface area contributed by atoms with Gasteiger partial charge in [-0.25, -0.2) is 4.39 Å². The molecule has 140 valence electrons. The average molecular weight is 369 g/mol. The Labute approximate surface area is 148 Å². The number of ether oxygens (including phenoxy) is 3. The van der Waals surface area contributed by atoms with Crippen molar-refractivity contribution >= 4 is 5.91 Å². The molecule has 2 aromatic rings. The average Bonchev–Trinajstić information content (AvgIpc) is 2.62. The van der Waals surface area contributed by atoms with Crippen LogP contribution in [0.2, 0.25) is 0 Å². The molecular weight excluding hydrogens is 351 g/mol. The van der Waals surface area contributed by atoms with Crippen molar-refractivity contribution in [3.05, 3.63) is 53.3 Å². The zero-order valence-corrected chi connectivity index (χ0v) is 14.2. The molecule has 2 aromatic carbocycles. The first-order valence-corrected chi connectivity index (χ1v) is 7.68. The molecule has 0 aliphatic carbocycles. The summed E-state index contributed by atoms with van der Waals surface area (Å²) in [6, 6.07) is 8.44. The highest BCUT2D eigenvalue weighted by Gasteiger charge is 2.13. The summed E-state index contributed by atoms with van der Waals surface area (Å²) in [6.07, 6.45) is 0.398. The first kappa shape index (κ1) is 19.4. The molecule has 26 heavy (non-hydrogen) atoms. The molecule has 1 N–H and O–H groups in total. The van der Waals surface area contributed by atoms with Crippen molar-refractivity contribution in [1.82, 2.24) is 5.32 Å². The highest BCUT2D eigenvalue weighted by atomic mass is 19.3. The Morgan fingerprint density at radius 2 is 1.85 bits per heavy atom. The summed E-state index contributed by atoms with van der Waals surface area (Å²) in [5.74, 6) is -0.838. The minimum atomic E-state index is -2.95. The quantitative estimate of drug-likeness (QED) is 0.775. The van der Waals surface area contributed by atoms with Crippen molar-refractivity contribution in [2.45, 2.75) is 13.0 Å². The third-order valence-electron chi connectivity index (χ3n) is 3.56. The van der Waals surface area contributed by atoms with Gasteiger partial charge in [0.25, 0.3) is 5.91 Å². The number of carbonyl (C=O) groups excluding carboxylic acids is 1. The maximum absolute atomic E-state index is 13.9. The van der Waals surface area contributed by atoms with Crippen molar-refractivity contribution in [3.63, 3.8) is 0 Å². The van der Waals surface area contributed by atoms with E-state index in [0.29, 0.717) is 12.2 Å². The standard InChI is InChI=1S/C18H18F3NO4/c1-24-12-4-5-13(14(19)10-12)17(23)22-8-7-11-3-6-15(26-18(20)21)16(9-11)25-2/h3-6,9-10,18H,7-8H2,1-2H3,(H,22,23). The molecule has 0 fully saturated rings. The Morgan fingerprint density at radius 1 is 1.08 bits per heavy atom. The van der Waals surface area contributed by atoms with Crippen LogP contribution in [-0.4, -0.2) is 33.3 Å². The van der Waals surface area contributed by atoms with Gasteiger partial charge in [-0.05, 0) is 36.2 Å². The van der Waals surface area contributed by atoms with Gasteiger partial charge in [0.1, 0.15) is 11.6 Å². The molecule has 1 amide bonds. The second kappa shape index (κ2) is 8.98. The van der Waals surface area contributed by atoms with Gasteiger partial charge in [0, 0.05) is 12.6 Å². The van der Waals surface area contributed by atoms with E-state index in [4.69, 9.17) is 9.47 Å². The fourth-order valence-electron chi connectivity index (χ4n) is 2.28. The van der Waals surface area contributed by atoms with Gasteiger partial charge in [-0.2, -0.15) is 8.78 Å². The Kier molecular flexibility index (Phi) is 6.71. The van der Waals surface area contributed by atoms with Gasteiger partial charge in [-0.15, -0.1) is 0 Å². The number of hydrogen-bond donors (Lipinski definition) is 1. The van der Waals surface area contributed by atoms with Gasteiger partial charge in [0.15, 0.2) is 11.5 Å². The predicted molar refractivity (Wildman–Crippen MR) is 88.6 cm³/mol. The Morgan fingerprint density at radius 3 is 2.46 bits per heavy atom. The van der Waals surface area contributed by atoms with Crippen LogP contribution in [0.5, 0.6) is 17.2 Å². The minimum absolute atomic E-state index is 0.0735. The van der Waals surface area contributed by atoms with E-state index >= 15 is 0 Å². The fraction of sp³-hybridized carbons (Fsp3) is 0.278. The number of rotatable bonds is 8. The zero-order chi connectivity index (χ0) is 19.1. The molecule has 8 heteroatoms. The van der Waals surface area contributed by atoms with E-state index in [-0.39, 0.29) is 23.6 Å². The second-order valence-corrected chi connectivity index (χ2v) is 5.22. The third-order valence-corrected chi connectivity index (χ3v) is 3.56. The van der Waals surface area contributed by atoms with Crippen LogP contribution in [0, 0.1) is 5.82 Å². The van der Waals surface area contributed by atoms with Crippen LogP contribution >= 0.6 is 0 Å². The lowest BCUT2D eigenvalue weighted by molar-refractivity contribution is -0.0512. The summed E-state index contributed by atoms with van der Waals surface area (Å²) in [6.45, 7) is -2.73. The fourth-order valence-corrected chi connectivity index (χ4v) is 2.28. The SMILES string of the molecule is COc1ccc(C(=O)NCCc2ccc(OC(F)F)c(OC)c2)c(F)c1. The molecule has 0 spiro atoms. The van der Waals surface area contributed by atoms with Gasteiger partial charge in [0.2, 0.25) is 0 Å². The highest BCUT2D eigenvalue weighted by molar-refractivity contribution is 5.94. The summed E-state index contributed by atoms with van der Waals surface area (Å²) >= 11 is 0. The summed E-state index contributed by atoms with van der Waals surface area (Å²) < 4.78 is 52.7. The predicted octanol–water partition coefficient (Wildman–Crippen LogP) is 3.42. The maximum atomic E-state index is 13.9. The molecule has 0 bridgehead atoms. The van der Waals surface area contributed by atoms with Crippen LogP contribution in [-0.2, 0) is 6.42 Å². The normalized spacial score (nSPS) is 10.5. The highest BCUT2D eigenvalue weighted by Crippen LogP contribution is 2.29. The van der Waals surface area contributed by atoms with E-state index < -0.39 is 18.3 Å². The van der Waals surface area contributed by atoms with E-state index in [1.54, 1.807) is 6.07 Å². The molecule has 0 saturated heterocycles. The van der Waals surface area contributed by atoms with Crippen LogP contribution < -0.4 is 19.5 Å². The first-order valence-electron chi connectivity index (χ1n) is 7.68. The number of carbonyl (C=O) groups is 1. The molecule has 0 saturated carbocycles. The molecule has 0 radical (unpaired) electrons. The van der Waals surface area contributed by atoms with Crippen molar-refractivity contribution in [2.75, 3.05) is 20.8 Å². The van der Waals surface area contributed by atoms with Gasteiger partial charge < -0.3 is 19.5 Å². The van der Waals surface area contributed by atoms with Crippen molar-refractivity contribution in [1.29, 1.82) is 0 Å². The van der Waals surface area contributed by atoms with Gasteiger partial charge in [-0.1, -0.05) is 6.07 Å². The molecule has 0 unspecified atom stereocenters. The number of alkyl halides is 2. The Hall–Kier alpha value is -2.90. The smallest absolute Gasteiger partial charge is 0.387 e. The van der Waals surface area contributed by atoms with E-state index in [1.165, 1.54) is 38.5 Å². The molecular formula is C18H18F3NO4. The number of halogens is 3. The summed E-state index contributed by atoms with van der Waals surface area (Å²) in [5.41, 5.74) is 0.642. The second-order valence-electron chi connectivity index (χ2n) is 5.22. The lowest BCUT2D eigenvalue weighted by Crippen LogP contribution is -2.26. The van der Waals surface area contributed by atoms with E-state index in [1.807, 2.05) is 0 Å². The minimum Gasteiger partial charge on any atom is -0.497 e. The number of nitrogens with one attached hydrogen (secondary N) is 1. The molecule has 0 atom stereocenters. The maximum Gasteiger partial charge on any atom is 0.387 e. The van der Waals surface area contributed by atoms with Gasteiger partial charge >= 0.3 is 6.61 Å². The van der Waals surface area contributed by atoms with Crippen LogP contribution in [0.3, 0.4) is 0 Å². The zero-order valence-electron chi connectivity index (χ0n) is 14.2. The Bertz CT molecular complexity index is 768. The lowest BCUT2D eigenvalue weighted by atomic mass is 10.1. The number of amides is 1. The third kappa shape index (κ3) is 5.05. The monoisotopic (exact) mass is 369 g/mol. The van der Waals surface area contributed by atoms with E-state index in [0.717, 1.165) is 11.6 Å². The number of benzene rings is 2. The van der Waals surface area contributed by atoms with Crippen LogP contribution in [0.25, 0.3) is 0 Å². The molecule has 0 aliphatic heterocycles. The molecule has 0 aromatic heterocycles. The summed E-state index contributed by atoms with van der Waals surface area (Å²) in [5, 5.41) is 2.60. The van der Waals surface area contributed by atoms with Crippen LogP contribution in [0.15, 0.2) is 36.4 Å². The summed E-state index contributed by atoms with van der Waals surface area (Å²) in [4.78, 5) is 12.0. The van der Waals surface area contributed by atoms with Crippen LogP contribution in [0.1, 0.15) is 15.9 Å². The molecule has 0 heterocycles. The Balaban J connectivity index is 1.96. The molecule has 2 rings (SSSR count). The first-order chi connectivity index (χ1) is 12.4. The van der Waals surface area contributed by atoms with E-state index in [9.17, 15) is 18.0 Å².